The summed E-state index contributed by atoms with van der Waals surface area (Å²) in [7, 11) is 3.45. The molecule has 1 aromatic carbocycles. The van der Waals surface area contributed by atoms with Crippen LogP contribution in [0.5, 0.6) is 0 Å². The van der Waals surface area contributed by atoms with Gasteiger partial charge in [0.05, 0.1) is 13.1 Å². The standard InChI is InChI=1S/C19H31N5O2/c1-7-20-18(22-13-16(25)23-19(2,3)4)21-12-14-8-10-15(11-9-14)17(26)24(5)6/h8-11H,7,12-13H2,1-6H3,(H,23,25)(H2,20,21,22). The van der Waals surface area contributed by atoms with Crippen molar-refractivity contribution in [3.05, 3.63) is 35.4 Å². The number of aliphatic imine (C=N–C) groups is 1. The first-order valence-electron chi connectivity index (χ1n) is 8.76. The summed E-state index contributed by atoms with van der Waals surface area (Å²) >= 11 is 0. The van der Waals surface area contributed by atoms with Crippen LogP contribution in [0.4, 0.5) is 0 Å². The fraction of sp³-hybridized carbons (Fsp3) is 0.526. The molecule has 0 heterocycles. The second kappa shape index (κ2) is 9.79. The Bertz CT molecular complexity index is 630. The zero-order chi connectivity index (χ0) is 19.7. The van der Waals surface area contributed by atoms with Crippen LogP contribution in [-0.4, -0.2) is 55.4 Å². The molecule has 3 N–H and O–H groups in total. The quantitative estimate of drug-likeness (QED) is 0.527. The van der Waals surface area contributed by atoms with Gasteiger partial charge < -0.3 is 20.9 Å². The summed E-state index contributed by atoms with van der Waals surface area (Å²) in [5.74, 6) is 0.458. The van der Waals surface area contributed by atoms with Crippen LogP contribution in [0.3, 0.4) is 0 Å². The maximum absolute atomic E-state index is 11.9. The number of carbonyl (C=O) groups is 2. The summed E-state index contributed by atoms with van der Waals surface area (Å²) in [6.45, 7) is 9.09. The Hall–Kier alpha value is -2.57. The highest BCUT2D eigenvalue weighted by Gasteiger charge is 2.13. The summed E-state index contributed by atoms with van der Waals surface area (Å²) in [6.07, 6.45) is 0. The van der Waals surface area contributed by atoms with Gasteiger partial charge in [-0.1, -0.05) is 12.1 Å². The molecule has 0 radical (unpaired) electrons. The van der Waals surface area contributed by atoms with E-state index >= 15 is 0 Å². The number of guanidine groups is 1. The van der Waals surface area contributed by atoms with Crippen molar-refractivity contribution < 1.29 is 9.59 Å². The average Bonchev–Trinajstić information content (AvgIpc) is 2.55. The first-order chi connectivity index (χ1) is 12.1. The molecule has 1 rings (SSSR count). The molecule has 0 aliphatic rings. The predicted molar refractivity (Wildman–Crippen MR) is 105 cm³/mol. The smallest absolute Gasteiger partial charge is 0.253 e. The highest BCUT2D eigenvalue weighted by atomic mass is 16.2. The number of nitrogens with zero attached hydrogens (tertiary/aromatic N) is 2. The molecular formula is C19H31N5O2. The number of amides is 2. The van der Waals surface area contributed by atoms with Gasteiger partial charge in [-0.2, -0.15) is 0 Å². The summed E-state index contributed by atoms with van der Waals surface area (Å²) in [5, 5.41) is 9.03. The monoisotopic (exact) mass is 361 g/mol. The molecule has 0 aliphatic heterocycles. The maximum atomic E-state index is 11.9. The third-order valence-electron chi connectivity index (χ3n) is 3.30. The molecule has 7 nitrogen and oxygen atoms in total. The molecule has 144 valence electrons. The first kappa shape index (κ1) is 21.5. The van der Waals surface area contributed by atoms with Crippen LogP contribution in [0.1, 0.15) is 43.6 Å². The fourth-order valence-corrected chi connectivity index (χ4v) is 2.15. The molecule has 26 heavy (non-hydrogen) atoms. The van der Waals surface area contributed by atoms with Gasteiger partial charge >= 0.3 is 0 Å². The second-order valence-corrected chi connectivity index (χ2v) is 7.24. The van der Waals surface area contributed by atoms with Crippen molar-refractivity contribution in [3.8, 4) is 0 Å². The molecule has 0 unspecified atom stereocenters. The van der Waals surface area contributed by atoms with Gasteiger partial charge in [0.15, 0.2) is 5.96 Å². The van der Waals surface area contributed by atoms with E-state index < -0.39 is 0 Å². The lowest BCUT2D eigenvalue weighted by molar-refractivity contribution is -0.121. The van der Waals surface area contributed by atoms with Crippen LogP contribution in [0.15, 0.2) is 29.3 Å². The van der Waals surface area contributed by atoms with Crippen LogP contribution in [0.25, 0.3) is 0 Å². The highest BCUT2D eigenvalue weighted by Crippen LogP contribution is 2.07. The molecule has 0 atom stereocenters. The van der Waals surface area contributed by atoms with Crippen LogP contribution < -0.4 is 16.0 Å². The van der Waals surface area contributed by atoms with E-state index in [1.165, 1.54) is 0 Å². The minimum absolute atomic E-state index is 0.0279. The van der Waals surface area contributed by atoms with Crippen LogP contribution in [0, 0.1) is 0 Å². The SMILES string of the molecule is CCNC(=NCc1ccc(C(=O)N(C)C)cc1)NCC(=O)NC(C)(C)C. The summed E-state index contributed by atoms with van der Waals surface area (Å²) in [4.78, 5) is 29.8. The topological polar surface area (TPSA) is 85.8 Å². The van der Waals surface area contributed by atoms with Gasteiger partial charge in [0.25, 0.3) is 5.91 Å². The lowest BCUT2D eigenvalue weighted by atomic mass is 10.1. The Morgan fingerprint density at radius 1 is 1.08 bits per heavy atom. The predicted octanol–water partition coefficient (Wildman–Crippen LogP) is 1.36. The van der Waals surface area contributed by atoms with Crippen molar-refractivity contribution in [2.45, 2.75) is 39.8 Å². The third kappa shape index (κ3) is 8.00. The average molecular weight is 361 g/mol. The number of rotatable bonds is 6. The van der Waals surface area contributed by atoms with Gasteiger partial charge in [-0.15, -0.1) is 0 Å². The molecule has 0 aromatic heterocycles. The fourth-order valence-electron chi connectivity index (χ4n) is 2.15. The number of carbonyl (C=O) groups excluding carboxylic acids is 2. The van der Waals surface area contributed by atoms with Crippen molar-refractivity contribution >= 4 is 17.8 Å². The Kier molecular flexibility index (Phi) is 8.09. The third-order valence-corrected chi connectivity index (χ3v) is 3.30. The molecule has 0 aliphatic carbocycles. The molecule has 0 saturated carbocycles. The number of hydrogen-bond acceptors (Lipinski definition) is 3. The van der Waals surface area contributed by atoms with E-state index in [1.807, 2.05) is 39.8 Å². The van der Waals surface area contributed by atoms with Crippen LogP contribution in [-0.2, 0) is 11.3 Å². The van der Waals surface area contributed by atoms with Crippen molar-refractivity contribution in [2.75, 3.05) is 27.2 Å². The summed E-state index contributed by atoms with van der Waals surface area (Å²) < 4.78 is 0. The van der Waals surface area contributed by atoms with Crippen molar-refractivity contribution in [1.82, 2.24) is 20.9 Å². The molecule has 0 bridgehead atoms. The number of nitrogens with one attached hydrogen (secondary N) is 3. The van der Waals surface area contributed by atoms with Crippen molar-refractivity contribution in [2.24, 2.45) is 4.99 Å². The zero-order valence-electron chi connectivity index (χ0n) is 16.6. The summed E-state index contributed by atoms with van der Waals surface area (Å²) in [5.41, 5.74) is 1.36. The normalized spacial score (nSPS) is 11.7. The Morgan fingerprint density at radius 3 is 2.19 bits per heavy atom. The molecule has 0 fully saturated rings. The molecule has 0 saturated heterocycles. The Labute approximate surface area is 156 Å². The van der Waals surface area contributed by atoms with E-state index in [1.54, 1.807) is 31.1 Å². The largest absolute Gasteiger partial charge is 0.357 e. The highest BCUT2D eigenvalue weighted by molar-refractivity contribution is 5.93. The number of benzene rings is 1. The van der Waals surface area contributed by atoms with E-state index in [0.717, 1.165) is 5.56 Å². The van der Waals surface area contributed by atoms with Gasteiger partial charge in [0.2, 0.25) is 5.91 Å². The van der Waals surface area contributed by atoms with Crippen molar-refractivity contribution in [3.63, 3.8) is 0 Å². The molecule has 1 aromatic rings. The van der Waals surface area contributed by atoms with Gasteiger partial charge in [0, 0.05) is 31.7 Å². The van der Waals surface area contributed by atoms with E-state index in [0.29, 0.717) is 24.6 Å². The summed E-state index contributed by atoms with van der Waals surface area (Å²) in [6, 6.07) is 7.36. The molecule has 2 amide bonds. The van der Waals surface area contributed by atoms with Crippen LogP contribution in [0.2, 0.25) is 0 Å². The van der Waals surface area contributed by atoms with Gasteiger partial charge in [-0.3, -0.25) is 9.59 Å². The van der Waals surface area contributed by atoms with E-state index in [9.17, 15) is 9.59 Å². The molecule has 7 heteroatoms. The Balaban J connectivity index is 2.65. The van der Waals surface area contributed by atoms with E-state index in [2.05, 4.69) is 20.9 Å². The van der Waals surface area contributed by atoms with E-state index in [-0.39, 0.29) is 23.9 Å². The van der Waals surface area contributed by atoms with Crippen molar-refractivity contribution in [1.29, 1.82) is 0 Å². The minimum atomic E-state index is -0.264. The minimum Gasteiger partial charge on any atom is -0.357 e. The second-order valence-electron chi connectivity index (χ2n) is 7.24. The van der Waals surface area contributed by atoms with Crippen LogP contribution >= 0.6 is 0 Å². The lowest BCUT2D eigenvalue weighted by Gasteiger charge is -2.21. The molecular weight excluding hydrogens is 330 g/mol. The number of hydrogen-bond donors (Lipinski definition) is 3. The van der Waals surface area contributed by atoms with Gasteiger partial charge in [-0.25, -0.2) is 4.99 Å². The molecule has 0 spiro atoms. The lowest BCUT2D eigenvalue weighted by Crippen LogP contribution is -2.48. The zero-order valence-corrected chi connectivity index (χ0v) is 16.6. The van der Waals surface area contributed by atoms with Gasteiger partial charge in [0.1, 0.15) is 0 Å². The van der Waals surface area contributed by atoms with Gasteiger partial charge in [-0.05, 0) is 45.4 Å². The first-order valence-corrected chi connectivity index (χ1v) is 8.76. The van der Waals surface area contributed by atoms with E-state index in [4.69, 9.17) is 0 Å². The Morgan fingerprint density at radius 2 is 1.69 bits per heavy atom. The maximum Gasteiger partial charge on any atom is 0.253 e.